The summed E-state index contributed by atoms with van der Waals surface area (Å²) in [6, 6.07) is 9.84. The van der Waals surface area contributed by atoms with Crippen molar-refractivity contribution < 1.29 is 14.3 Å². The van der Waals surface area contributed by atoms with Gasteiger partial charge < -0.3 is 20.1 Å². The lowest BCUT2D eigenvalue weighted by Crippen LogP contribution is -2.31. The van der Waals surface area contributed by atoms with Gasteiger partial charge in [0.25, 0.3) is 0 Å². The number of nitrogens with one attached hydrogen (secondary N) is 2. The molecule has 1 aliphatic rings. The van der Waals surface area contributed by atoms with E-state index in [4.69, 9.17) is 9.47 Å². The topological polar surface area (TPSA) is 59.6 Å². The Morgan fingerprint density at radius 3 is 2.40 bits per heavy atom. The van der Waals surface area contributed by atoms with Gasteiger partial charge in [0.05, 0.1) is 0 Å². The highest BCUT2D eigenvalue weighted by Crippen LogP contribution is 2.30. The molecule has 0 unspecified atom stereocenters. The molecule has 0 bridgehead atoms. The third-order valence-electron chi connectivity index (χ3n) is 4.22. The van der Waals surface area contributed by atoms with Gasteiger partial charge in [-0.1, -0.05) is 23.8 Å². The normalized spacial score (nSPS) is 12.6. The van der Waals surface area contributed by atoms with Crippen LogP contribution in [0.3, 0.4) is 0 Å². The molecule has 132 valence electrons. The summed E-state index contributed by atoms with van der Waals surface area (Å²) < 4.78 is 11.1. The minimum absolute atomic E-state index is 0.187. The van der Waals surface area contributed by atoms with Crippen LogP contribution in [0, 0.1) is 20.8 Å². The number of fused-ring (bicyclic) bond motifs is 1. The first kappa shape index (κ1) is 17.1. The van der Waals surface area contributed by atoms with Gasteiger partial charge in [0.15, 0.2) is 11.5 Å². The molecule has 5 nitrogen and oxygen atoms in total. The van der Waals surface area contributed by atoms with E-state index in [9.17, 15) is 4.79 Å². The molecule has 0 saturated heterocycles. The fourth-order valence-electron chi connectivity index (χ4n) is 3.10. The summed E-state index contributed by atoms with van der Waals surface area (Å²) in [5, 5.41) is 5.85. The summed E-state index contributed by atoms with van der Waals surface area (Å²) in [5.74, 6) is 1.56. The van der Waals surface area contributed by atoms with Crippen molar-refractivity contribution in [2.24, 2.45) is 0 Å². The monoisotopic (exact) mass is 340 g/mol. The number of benzene rings is 2. The second-order valence-corrected chi connectivity index (χ2v) is 6.38. The van der Waals surface area contributed by atoms with Crippen molar-refractivity contribution in [2.75, 3.05) is 25.1 Å². The van der Waals surface area contributed by atoms with E-state index in [2.05, 4.69) is 29.7 Å². The van der Waals surface area contributed by atoms with Crippen molar-refractivity contribution in [2.45, 2.75) is 27.2 Å². The molecule has 0 atom stereocenters. The predicted molar refractivity (Wildman–Crippen MR) is 98.8 cm³/mol. The molecule has 25 heavy (non-hydrogen) atoms. The Balaban J connectivity index is 1.53. The number of rotatable bonds is 4. The van der Waals surface area contributed by atoms with Crippen molar-refractivity contribution in [1.82, 2.24) is 5.32 Å². The van der Waals surface area contributed by atoms with Crippen LogP contribution >= 0.6 is 0 Å². The summed E-state index contributed by atoms with van der Waals surface area (Å²) in [6.45, 7) is 7.78. The predicted octanol–water partition coefficient (Wildman–Crippen LogP) is 3.75. The Hall–Kier alpha value is -2.69. The van der Waals surface area contributed by atoms with Crippen LogP contribution < -0.4 is 20.1 Å². The van der Waals surface area contributed by atoms with E-state index in [1.165, 1.54) is 5.56 Å². The average Bonchev–Trinajstić information content (AvgIpc) is 2.58. The van der Waals surface area contributed by atoms with Gasteiger partial charge in [0.2, 0.25) is 0 Å². The maximum atomic E-state index is 12.2. The van der Waals surface area contributed by atoms with Crippen LogP contribution in [0.2, 0.25) is 0 Å². The maximum Gasteiger partial charge on any atom is 0.319 e. The van der Waals surface area contributed by atoms with E-state index < -0.39 is 0 Å². The number of ether oxygens (including phenoxy) is 2. The standard InChI is InChI=1S/C20H24N2O3/c1-13-10-14(2)19(15(3)11-13)22-20(23)21-7-6-16-4-5-17-18(12-16)25-9-8-24-17/h4-5,10-12H,6-9H2,1-3H3,(H2,21,22,23). The highest BCUT2D eigenvalue weighted by Gasteiger charge is 2.12. The summed E-state index contributed by atoms with van der Waals surface area (Å²) in [7, 11) is 0. The number of carbonyl (C=O) groups excluding carboxylic acids is 1. The molecule has 2 N–H and O–H groups in total. The number of anilines is 1. The van der Waals surface area contributed by atoms with Gasteiger partial charge in [0, 0.05) is 12.2 Å². The van der Waals surface area contributed by atoms with Gasteiger partial charge >= 0.3 is 6.03 Å². The van der Waals surface area contributed by atoms with Crippen LogP contribution in [0.4, 0.5) is 10.5 Å². The molecule has 0 radical (unpaired) electrons. The zero-order chi connectivity index (χ0) is 17.8. The van der Waals surface area contributed by atoms with Crippen molar-refractivity contribution >= 4 is 11.7 Å². The molecule has 2 aromatic rings. The van der Waals surface area contributed by atoms with E-state index in [1.807, 2.05) is 32.0 Å². The molecule has 5 heteroatoms. The fraction of sp³-hybridized carbons (Fsp3) is 0.350. The maximum absolute atomic E-state index is 12.2. The summed E-state index contributed by atoms with van der Waals surface area (Å²) in [5.41, 5.74) is 5.31. The number of hydrogen-bond donors (Lipinski definition) is 2. The van der Waals surface area contributed by atoms with Gasteiger partial charge in [-0.05, 0) is 56.0 Å². The van der Waals surface area contributed by atoms with Crippen molar-refractivity contribution in [3.8, 4) is 11.5 Å². The van der Waals surface area contributed by atoms with E-state index in [0.29, 0.717) is 19.8 Å². The molecule has 2 amide bonds. The zero-order valence-electron chi connectivity index (χ0n) is 14.9. The Morgan fingerprint density at radius 2 is 1.68 bits per heavy atom. The molecule has 3 rings (SSSR count). The Morgan fingerprint density at radius 1 is 1.00 bits per heavy atom. The van der Waals surface area contributed by atoms with Crippen molar-refractivity contribution in [3.63, 3.8) is 0 Å². The van der Waals surface area contributed by atoms with Crippen molar-refractivity contribution in [3.05, 3.63) is 52.6 Å². The first-order valence-electron chi connectivity index (χ1n) is 8.54. The first-order chi connectivity index (χ1) is 12.0. The van der Waals surface area contributed by atoms with Gasteiger partial charge in [-0.25, -0.2) is 4.79 Å². The smallest absolute Gasteiger partial charge is 0.319 e. The summed E-state index contributed by atoms with van der Waals surface area (Å²) in [4.78, 5) is 12.2. The molecule has 0 spiro atoms. The minimum Gasteiger partial charge on any atom is -0.486 e. The van der Waals surface area contributed by atoms with Crippen LogP contribution in [-0.2, 0) is 6.42 Å². The second-order valence-electron chi connectivity index (χ2n) is 6.38. The second kappa shape index (κ2) is 7.47. The van der Waals surface area contributed by atoms with Gasteiger partial charge in [-0.2, -0.15) is 0 Å². The minimum atomic E-state index is -0.187. The van der Waals surface area contributed by atoms with Crippen molar-refractivity contribution in [1.29, 1.82) is 0 Å². The quantitative estimate of drug-likeness (QED) is 0.891. The largest absolute Gasteiger partial charge is 0.486 e. The molecule has 0 aliphatic carbocycles. The highest BCUT2D eigenvalue weighted by atomic mass is 16.6. The molecule has 2 aromatic carbocycles. The molecule has 0 fully saturated rings. The molecular weight excluding hydrogens is 316 g/mol. The van der Waals surface area contributed by atoms with Crippen LogP contribution in [-0.4, -0.2) is 25.8 Å². The Bertz CT molecular complexity index is 764. The molecule has 1 aliphatic heterocycles. The molecule has 0 aromatic heterocycles. The number of hydrogen-bond acceptors (Lipinski definition) is 3. The van der Waals surface area contributed by atoms with Gasteiger partial charge in [0.1, 0.15) is 13.2 Å². The van der Waals surface area contributed by atoms with E-state index in [0.717, 1.165) is 40.3 Å². The molecule has 0 saturated carbocycles. The lowest BCUT2D eigenvalue weighted by Gasteiger charge is -2.19. The number of aryl methyl sites for hydroxylation is 3. The SMILES string of the molecule is Cc1cc(C)c(NC(=O)NCCc2ccc3c(c2)OCCO3)c(C)c1. The fourth-order valence-corrected chi connectivity index (χ4v) is 3.10. The lowest BCUT2D eigenvalue weighted by atomic mass is 10.1. The Kier molecular flexibility index (Phi) is 5.12. The van der Waals surface area contributed by atoms with E-state index >= 15 is 0 Å². The highest BCUT2D eigenvalue weighted by molar-refractivity contribution is 5.91. The molecule has 1 heterocycles. The molecular formula is C20H24N2O3. The summed E-state index contributed by atoms with van der Waals surface area (Å²) in [6.07, 6.45) is 0.732. The van der Waals surface area contributed by atoms with E-state index in [-0.39, 0.29) is 6.03 Å². The zero-order valence-corrected chi connectivity index (χ0v) is 14.9. The Labute approximate surface area is 148 Å². The number of urea groups is 1. The van der Waals surface area contributed by atoms with E-state index in [1.54, 1.807) is 0 Å². The first-order valence-corrected chi connectivity index (χ1v) is 8.54. The average molecular weight is 340 g/mol. The third-order valence-corrected chi connectivity index (χ3v) is 4.22. The lowest BCUT2D eigenvalue weighted by molar-refractivity contribution is 0.171. The van der Waals surface area contributed by atoms with Crippen LogP contribution in [0.1, 0.15) is 22.3 Å². The van der Waals surface area contributed by atoms with Crippen LogP contribution in [0.25, 0.3) is 0 Å². The number of carbonyl (C=O) groups is 1. The van der Waals surface area contributed by atoms with Crippen LogP contribution in [0.5, 0.6) is 11.5 Å². The van der Waals surface area contributed by atoms with Gasteiger partial charge in [-0.15, -0.1) is 0 Å². The number of amides is 2. The van der Waals surface area contributed by atoms with Gasteiger partial charge in [-0.3, -0.25) is 0 Å². The van der Waals surface area contributed by atoms with Crippen LogP contribution in [0.15, 0.2) is 30.3 Å². The third kappa shape index (κ3) is 4.24. The summed E-state index contributed by atoms with van der Waals surface area (Å²) >= 11 is 0.